The maximum atomic E-state index is 12.6. The van der Waals surface area contributed by atoms with E-state index in [0.29, 0.717) is 6.04 Å². The summed E-state index contributed by atoms with van der Waals surface area (Å²) in [4.78, 5) is 14.6. The van der Waals surface area contributed by atoms with Gasteiger partial charge in [-0.15, -0.1) is 0 Å². The molecular formula is C13H16Br2N2O. The van der Waals surface area contributed by atoms with Crippen LogP contribution in [0.25, 0.3) is 0 Å². The van der Waals surface area contributed by atoms with Crippen LogP contribution in [0.15, 0.2) is 27.1 Å². The second kappa shape index (κ2) is 6.17. The molecule has 2 rings (SSSR count). The molecular weight excluding hydrogens is 360 g/mol. The number of rotatable bonds is 4. The predicted octanol–water partition coefficient (Wildman–Crippen LogP) is 3.04. The Labute approximate surface area is 124 Å². The minimum atomic E-state index is 0.108. The molecule has 0 spiro atoms. The molecule has 98 valence electrons. The first-order valence-electron chi connectivity index (χ1n) is 6.10. The summed E-state index contributed by atoms with van der Waals surface area (Å²) in [7, 11) is 0. The molecule has 0 aliphatic carbocycles. The lowest BCUT2D eigenvalue weighted by molar-refractivity contribution is 0.0615. The van der Waals surface area contributed by atoms with Crippen LogP contribution in [0.2, 0.25) is 0 Å². The quantitative estimate of drug-likeness (QED) is 0.877. The molecule has 0 atom stereocenters. The Kier molecular flexibility index (Phi) is 4.81. The minimum Gasteiger partial charge on any atom is -0.333 e. The van der Waals surface area contributed by atoms with Crippen LogP contribution in [0.1, 0.15) is 23.7 Å². The highest BCUT2D eigenvalue weighted by molar-refractivity contribution is 9.11. The van der Waals surface area contributed by atoms with Crippen LogP contribution in [0, 0.1) is 0 Å². The van der Waals surface area contributed by atoms with Crippen molar-refractivity contribution in [3.05, 3.63) is 32.7 Å². The number of nitrogens with one attached hydrogen (secondary N) is 1. The van der Waals surface area contributed by atoms with Gasteiger partial charge in [-0.3, -0.25) is 4.79 Å². The van der Waals surface area contributed by atoms with Gasteiger partial charge in [-0.1, -0.05) is 22.9 Å². The zero-order valence-electron chi connectivity index (χ0n) is 10.2. The summed E-state index contributed by atoms with van der Waals surface area (Å²) in [5.74, 6) is 0.108. The maximum Gasteiger partial charge on any atom is 0.255 e. The van der Waals surface area contributed by atoms with Crippen LogP contribution < -0.4 is 5.32 Å². The van der Waals surface area contributed by atoms with Gasteiger partial charge in [0.15, 0.2) is 0 Å². The van der Waals surface area contributed by atoms with Gasteiger partial charge in [-0.25, -0.2) is 0 Å². The lowest BCUT2D eigenvalue weighted by Gasteiger charge is -2.38. The molecule has 1 saturated heterocycles. The van der Waals surface area contributed by atoms with E-state index in [0.717, 1.165) is 40.6 Å². The standard InChI is InChI=1S/C13H16Br2N2O/c1-2-5-17(10-7-16-8-10)13(18)11-6-9(14)3-4-12(11)15/h3-4,6,10,16H,2,5,7-8H2,1H3. The van der Waals surface area contributed by atoms with E-state index in [4.69, 9.17) is 0 Å². The lowest BCUT2D eigenvalue weighted by Crippen LogP contribution is -2.59. The number of amides is 1. The number of carbonyl (C=O) groups is 1. The summed E-state index contributed by atoms with van der Waals surface area (Å²) in [5, 5.41) is 3.22. The Morgan fingerprint density at radius 3 is 2.72 bits per heavy atom. The Hall–Kier alpha value is -0.390. The minimum absolute atomic E-state index is 0.108. The molecule has 1 N–H and O–H groups in total. The molecule has 0 unspecified atom stereocenters. The number of hydrogen-bond acceptors (Lipinski definition) is 2. The molecule has 1 amide bonds. The Morgan fingerprint density at radius 1 is 1.44 bits per heavy atom. The van der Waals surface area contributed by atoms with Gasteiger partial charge in [0.05, 0.1) is 11.6 Å². The lowest BCUT2D eigenvalue weighted by atomic mass is 10.1. The van der Waals surface area contributed by atoms with Crippen molar-refractivity contribution in [1.29, 1.82) is 0 Å². The molecule has 0 bridgehead atoms. The van der Waals surface area contributed by atoms with Crippen LogP contribution in [-0.4, -0.2) is 36.5 Å². The zero-order chi connectivity index (χ0) is 13.1. The van der Waals surface area contributed by atoms with Crippen molar-refractivity contribution < 1.29 is 4.79 Å². The highest BCUT2D eigenvalue weighted by Crippen LogP contribution is 2.24. The normalized spacial score (nSPS) is 15.3. The van der Waals surface area contributed by atoms with Crippen molar-refractivity contribution in [2.45, 2.75) is 19.4 Å². The predicted molar refractivity (Wildman–Crippen MR) is 79.8 cm³/mol. The van der Waals surface area contributed by atoms with Crippen molar-refractivity contribution in [2.24, 2.45) is 0 Å². The van der Waals surface area contributed by atoms with Crippen LogP contribution in [0.3, 0.4) is 0 Å². The molecule has 1 aliphatic heterocycles. The van der Waals surface area contributed by atoms with Gasteiger partial charge in [0.2, 0.25) is 0 Å². The summed E-state index contributed by atoms with van der Waals surface area (Å²) < 4.78 is 1.78. The molecule has 1 fully saturated rings. The first kappa shape index (κ1) is 14.0. The van der Waals surface area contributed by atoms with E-state index in [1.807, 2.05) is 23.1 Å². The van der Waals surface area contributed by atoms with Crippen molar-refractivity contribution in [2.75, 3.05) is 19.6 Å². The fraction of sp³-hybridized carbons (Fsp3) is 0.462. The van der Waals surface area contributed by atoms with Gasteiger partial charge < -0.3 is 10.2 Å². The molecule has 1 aromatic carbocycles. The first-order valence-corrected chi connectivity index (χ1v) is 7.68. The number of benzene rings is 1. The zero-order valence-corrected chi connectivity index (χ0v) is 13.4. The Balaban J connectivity index is 2.23. The Bertz CT molecular complexity index is 447. The fourth-order valence-corrected chi connectivity index (χ4v) is 2.78. The third kappa shape index (κ3) is 2.95. The van der Waals surface area contributed by atoms with Crippen molar-refractivity contribution >= 4 is 37.8 Å². The van der Waals surface area contributed by atoms with Gasteiger partial charge in [-0.05, 0) is 40.5 Å². The van der Waals surface area contributed by atoms with Crippen LogP contribution in [0.5, 0.6) is 0 Å². The molecule has 3 nitrogen and oxygen atoms in total. The van der Waals surface area contributed by atoms with E-state index < -0.39 is 0 Å². The number of carbonyl (C=O) groups excluding carboxylic acids is 1. The van der Waals surface area contributed by atoms with Crippen LogP contribution in [-0.2, 0) is 0 Å². The van der Waals surface area contributed by atoms with Crippen LogP contribution in [0.4, 0.5) is 0 Å². The summed E-state index contributed by atoms with van der Waals surface area (Å²) in [6.45, 7) is 4.71. The topological polar surface area (TPSA) is 32.3 Å². The van der Waals surface area contributed by atoms with E-state index >= 15 is 0 Å². The number of nitrogens with zero attached hydrogens (tertiary/aromatic N) is 1. The molecule has 5 heteroatoms. The fourth-order valence-electron chi connectivity index (χ4n) is 2.00. The van der Waals surface area contributed by atoms with E-state index in [-0.39, 0.29) is 5.91 Å². The van der Waals surface area contributed by atoms with Crippen molar-refractivity contribution in [3.63, 3.8) is 0 Å². The van der Waals surface area contributed by atoms with Crippen molar-refractivity contribution in [1.82, 2.24) is 10.2 Å². The van der Waals surface area contributed by atoms with Gasteiger partial charge in [0, 0.05) is 28.6 Å². The summed E-state index contributed by atoms with van der Waals surface area (Å²) in [6, 6.07) is 6.04. The van der Waals surface area contributed by atoms with Crippen LogP contribution >= 0.6 is 31.9 Å². The molecule has 0 radical (unpaired) electrons. The third-order valence-electron chi connectivity index (χ3n) is 3.08. The molecule has 18 heavy (non-hydrogen) atoms. The monoisotopic (exact) mass is 374 g/mol. The SMILES string of the molecule is CCCN(C(=O)c1cc(Br)ccc1Br)C1CNC1. The van der Waals surface area contributed by atoms with E-state index in [1.165, 1.54) is 0 Å². The molecule has 1 heterocycles. The highest BCUT2D eigenvalue weighted by Gasteiger charge is 2.29. The van der Waals surface area contributed by atoms with Gasteiger partial charge in [-0.2, -0.15) is 0 Å². The maximum absolute atomic E-state index is 12.6. The van der Waals surface area contributed by atoms with Gasteiger partial charge >= 0.3 is 0 Å². The molecule has 1 aliphatic rings. The average Bonchev–Trinajstić information content (AvgIpc) is 2.28. The van der Waals surface area contributed by atoms with Gasteiger partial charge in [0.25, 0.3) is 5.91 Å². The van der Waals surface area contributed by atoms with Crippen molar-refractivity contribution in [3.8, 4) is 0 Å². The second-order valence-electron chi connectivity index (χ2n) is 4.43. The summed E-state index contributed by atoms with van der Waals surface area (Å²) >= 11 is 6.87. The third-order valence-corrected chi connectivity index (χ3v) is 4.27. The van der Waals surface area contributed by atoms with Gasteiger partial charge in [0.1, 0.15) is 0 Å². The van der Waals surface area contributed by atoms with E-state index in [1.54, 1.807) is 0 Å². The molecule has 0 saturated carbocycles. The van der Waals surface area contributed by atoms with E-state index in [2.05, 4.69) is 44.1 Å². The summed E-state index contributed by atoms with van der Waals surface area (Å²) in [5.41, 5.74) is 0.727. The second-order valence-corrected chi connectivity index (χ2v) is 6.20. The first-order chi connectivity index (χ1) is 8.63. The summed E-state index contributed by atoms with van der Waals surface area (Å²) in [6.07, 6.45) is 0.980. The molecule has 0 aromatic heterocycles. The number of halogens is 2. The number of hydrogen-bond donors (Lipinski definition) is 1. The highest BCUT2D eigenvalue weighted by atomic mass is 79.9. The average molecular weight is 376 g/mol. The smallest absolute Gasteiger partial charge is 0.255 e. The largest absolute Gasteiger partial charge is 0.333 e. The molecule has 1 aromatic rings. The Morgan fingerprint density at radius 2 is 2.17 bits per heavy atom. The van der Waals surface area contributed by atoms with E-state index in [9.17, 15) is 4.79 Å².